The van der Waals surface area contributed by atoms with Gasteiger partial charge in [0.05, 0.1) is 0 Å². The Bertz CT molecular complexity index is 345. The molecule has 0 aromatic carbocycles. The van der Waals surface area contributed by atoms with Gasteiger partial charge in [-0.3, -0.25) is 0 Å². The standard InChI is InChI=1S/C18H32.4C2H6/c1-13(2)17(6,7)18-11-8-10-16(4,5)15(18)14(3)9-12-18;4*1-2/h9,12-15H,8,10-11H2,1-7H3;4*1-2H3. The van der Waals surface area contributed by atoms with Crippen LogP contribution in [0.3, 0.4) is 0 Å². The Hall–Kier alpha value is -0.260. The SMILES string of the molecule is CC.CC.CC.CC.CC1C=CC2(C(C)(C)C(C)C)CCCC(C)(C)C12. The third kappa shape index (κ3) is 6.13. The van der Waals surface area contributed by atoms with Crippen LogP contribution in [-0.2, 0) is 0 Å². The predicted octanol–water partition coefficient (Wildman–Crippen LogP) is 9.79. The molecule has 2 aliphatic carbocycles. The molecular weight excluding hydrogens is 312 g/mol. The quantitative estimate of drug-likeness (QED) is 0.425. The van der Waals surface area contributed by atoms with Crippen LogP contribution in [0, 0.1) is 34.0 Å². The molecule has 3 atom stereocenters. The zero-order valence-corrected chi connectivity index (χ0v) is 21.5. The highest BCUT2D eigenvalue weighted by Gasteiger charge is 2.59. The Labute approximate surface area is 169 Å². The van der Waals surface area contributed by atoms with E-state index in [4.69, 9.17) is 0 Å². The van der Waals surface area contributed by atoms with E-state index in [2.05, 4.69) is 60.6 Å². The molecular formula is C26H56. The maximum absolute atomic E-state index is 2.61. The molecule has 0 nitrogen and oxygen atoms in total. The molecule has 0 aromatic heterocycles. The minimum absolute atomic E-state index is 0.399. The molecule has 1 saturated carbocycles. The molecule has 0 aliphatic heterocycles. The van der Waals surface area contributed by atoms with E-state index in [1.165, 1.54) is 19.3 Å². The van der Waals surface area contributed by atoms with Gasteiger partial charge in [0.15, 0.2) is 0 Å². The van der Waals surface area contributed by atoms with Gasteiger partial charge in [0.1, 0.15) is 0 Å². The van der Waals surface area contributed by atoms with Gasteiger partial charge < -0.3 is 0 Å². The average molecular weight is 369 g/mol. The van der Waals surface area contributed by atoms with E-state index in [0.29, 0.717) is 16.2 Å². The maximum atomic E-state index is 2.61. The van der Waals surface area contributed by atoms with Gasteiger partial charge in [-0.05, 0) is 46.8 Å². The number of allylic oxidation sites excluding steroid dienone is 2. The molecule has 3 unspecified atom stereocenters. The first-order valence-electron chi connectivity index (χ1n) is 11.8. The van der Waals surface area contributed by atoms with Crippen LogP contribution < -0.4 is 0 Å². The van der Waals surface area contributed by atoms with E-state index >= 15 is 0 Å². The Morgan fingerprint density at radius 3 is 1.65 bits per heavy atom. The lowest BCUT2D eigenvalue weighted by molar-refractivity contribution is -0.0826. The highest BCUT2D eigenvalue weighted by atomic mass is 14.6. The minimum atomic E-state index is 0.399. The van der Waals surface area contributed by atoms with Gasteiger partial charge in [-0.15, -0.1) is 0 Å². The average Bonchev–Trinajstić information content (AvgIpc) is 3.01. The Kier molecular flexibility index (Phi) is 16.2. The van der Waals surface area contributed by atoms with Gasteiger partial charge in [-0.1, -0.05) is 122 Å². The van der Waals surface area contributed by atoms with Crippen molar-refractivity contribution in [3.05, 3.63) is 12.2 Å². The van der Waals surface area contributed by atoms with Crippen LogP contribution in [0.15, 0.2) is 12.2 Å². The van der Waals surface area contributed by atoms with Gasteiger partial charge in [0.25, 0.3) is 0 Å². The van der Waals surface area contributed by atoms with E-state index in [1.807, 2.05) is 55.4 Å². The lowest BCUT2D eigenvalue weighted by Gasteiger charge is -2.59. The number of hydrogen-bond donors (Lipinski definition) is 0. The molecule has 0 N–H and O–H groups in total. The zero-order valence-electron chi connectivity index (χ0n) is 21.5. The zero-order chi connectivity index (χ0) is 21.8. The molecule has 1 fully saturated rings. The number of rotatable bonds is 2. The van der Waals surface area contributed by atoms with E-state index < -0.39 is 0 Å². The fourth-order valence-corrected chi connectivity index (χ4v) is 5.12. The summed E-state index contributed by atoms with van der Waals surface area (Å²) in [7, 11) is 0. The summed E-state index contributed by atoms with van der Waals surface area (Å²) in [4.78, 5) is 0. The summed E-state index contributed by atoms with van der Waals surface area (Å²) < 4.78 is 0. The van der Waals surface area contributed by atoms with Crippen molar-refractivity contribution in [1.82, 2.24) is 0 Å². The van der Waals surface area contributed by atoms with E-state index in [-0.39, 0.29) is 0 Å². The molecule has 160 valence electrons. The smallest absolute Gasteiger partial charge is 0.00257 e. The van der Waals surface area contributed by atoms with Gasteiger partial charge in [-0.2, -0.15) is 0 Å². The van der Waals surface area contributed by atoms with Crippen molar-refractivity contribution in [2.45, 2.75) is 123 Å². The third-order valence-electron chi connectivity index (χ3n) is 6.67. The summed E-state index contributed by atoms with van der Waals surface area (Å²) in [6.07, 6.45) is 9.33. The summed E-state index contributed by atoms with van der Waals surface area (Å²) >= 11 is 0. The highest BCUT2D eigenvalue weighted by molar-refractivity contribution is 5.23. The van der Waals surface area contributed by atoms with Crippen LogP contribution in [0.5, 0.6) is 0 Å². The summed E-state index contributed by atoms with van der Waals surface area (Å²) in [6.45, 7) is 33.3. The van der Waals surface area contributed by atoms with Crippen LogP contribution >= 0.6 is 0 Å². The van der Waals surface area contributed by atoms with Gasteiger partial charge in [0, 0.05) is 0 Å². The number of fused-ring (bicyclic) bond motifs is 1. The fourth-order valence-electron chi connectivity index (χ4n) is 5.12. The van der Waals surface area contributed by atoms with Gasteiger partial charge in [0.2, 0.25) is 0 Å². The Balaban J connectivity index is -0.000000585. The van der Waals surface area contributed by atoms with Gasteiger partial charge in [-0.25, -0.2) is 0 Å². The lowest BCUT2D eigenvalue weighted by atomic mass is 9.45. The molecule has 0 heterocycles. The van der Waals surface area contributed by atoms with Crippen molar-refractivity contribution >= 4 is 0 Å². The van der Waals surface area contributed by atoms with Crippen LogP contribution in [0.4, 0.5) is 0 Å². The summed E-state index contributed by atoms with van der Waals surface area (Å²) in [5, 5.41) is 0. The van der Waals surface area contributed by atoms with E-state index in [0.717, 1.165) is 17.8 Å². The van der Waals surface area contributed by atoms with Crippen molar-refractivity contribution in [3.63, 3.8) is 0 Å². The van der Waals surface area contributed by atoms with Crippen molar-refractivity contribution in [1.29, 1.82) is 0 Å². The normalized spacial score (nSPS) is 28.0. The van der Waals surface area contributed by atoms with Crippen molar-refractivity contribution in [2.75, 3.05) is 0 Å². The monoisotopic (exact) mass is 368 g/mol. The van der Waals surface area contributed by atoms with Crippen LogP contribution in [-0.4, -0.2) is 0 Å². The summed E-state index contributed by atoms with van der Waals surface area (Å²) in [5.41, 5.74) is 1.33. The molecule has 0 radical (unpaired) electrons. The predicted molar refractivity (Wildman–Crippen MR) is 126 cm³/mol. The summed E-state index contributed by atoms with van der Waals surface area (Å²) in [6, 6.07) is 0. The van der Waals surface area contributed by atoms with Crippen molar-refractivity contribution < 1.29 is 0 Å². The topological polar surface area (TPSA) is 0 Å². The molecule has 0 saturated heterocycles. The van der Waals surface area contributed by atoms with Gasteiger partial charge >= 0.3 is 0 Å². The molecule has 0 amide bonds. The van der Waals surface area contributed by atoms with E-state index in [9.17, 15) is 0 Å². The molecule has 2 aliphatic rings. The Morgan fingerprint density at radius 2 is 1.27 bits per heavy atom. The molecule has 0 aromatic rings. The van der Waals surface area contributed by atoms with E-state index in [1.54, 1.807) is 0 Å². The summed E-state index contributed by atoms with van der Waals surface area (Å²) in [5.74, 6) is 2.32. The fraction of sp³-hybridized carbons (Fsp3) is 0.923. The maximum Gasteiger partial charge on any atom is -0.00257 e. The number of hydrogen-bond acceptors (Lipinski definition) is 0. The third-order valence-corrected chi connectivity index (χ3v) is 6.67. The molecule has 2 rings (SSSR count). The largest absolute Gasteiger partial charge is 0.0848 e. The second kappa shape index (κ2) is 13.8. The van der Waals surface area contributed by atoms with Crippen LogP contribution in [0.25, 0.3) is 0 Å². The molecule has 0 heteroatoms. The molecule has 0 bridgehead atoms. The lowest BCUT2D eigenvalue weighted by Crippen LogP contribution is -2.52. The first-order chi connectivity index (χ1) is 12.2. The highest BCUT2D eigenvalue weighted by Crippen LogP contribution is 2.66. The van der Waals surface area contributed by atoms with Crippen LogP contribution in [0.1, 0.15) is 123 Å². The first kappa shape index (κ1) is 30.5. The molecule has 0 spiro atoms. The second-order valence-corrected chi connectivity index (χ2v) is 8.45. The Morgan fingerprint density at radius 1 is 0.846 bits per heavy atom. The molecule has 26 heavy (non-hydrogen) atoms. The van der Waals surface area contributed by atoms with Crippen molar-refractivity contribution in [2.24, 2.45) is 34.0 Å². The van der Waals surface area contributed by atoms with Crippen molar-refractivity contribution in [3.8, 4) is 0 Å². The first-order valence-corrected chi connectivity index (χ1v) is 11.8. The van der Waals surface area contributed by atoms with Crippen LogP contribution in [0.2, 0.25) is 0 Å². The minimum Gasteiger partial charge on any atom is -0.0848 e. The second-order valence-electron chi connectivity index (χ2n) is 8.45.